The molecule has 6 nitrogen and oxygen atoms in total. The largest absolute Gasteiger partial charge is 0.489 e. The molecular formula is C33H31BrN4O2. The highest BCUT2D eigenvalue weighted by molar-refractivity contribution is 9.10. The number of carbonyl (C=O) groups is 1. The van der Waals surface area contributed by atoms with Crippen molar-refractivity contribution < 1.29 is 9.53 Å². The summed E-state index contributed by atoms with van der Waals surface area (Å²) in [5, 5.41) is 3.10. The predicted molar refractivity (Wildman–Crippen MR) is 163 cm³/mol. The molecule has 1 amide bonds. The molecule has 4 aromatic carbocycles. The second-order valence-corrected chi connectivity index (χ2v) is 11.1. The maximum atomic E-state index is 13.0. The third-order valence-corrected chi connectivity index (χ3v) is 7.88. The molecule has 40 heavy (non-hydrogen) atoms. The van der Waals surface area contributed by atoms with Crippen molar-refractivity contribution in [2.24, 2.45) is 5.92 Å². The average molecular weight is 596 g/mol. The van der Waals surface area contributed by atoms with Crippen LogP contribution in [0.25, 0.3) is 16.7 Å². The molecule has 0 saturated carbocycles. The van der Waals surface area contributed by atoms with E-state index in [4.69, 9.17) is 9.72 Å². The number of likely N-dealkylation sites (tertiary alicyclic amines) is 1. The van der Waals surface area contributed by atoms with Crippen LogP contribution in [-0.2, 0) is 17.9 Å². The van der Waals surface area contributed by atoms with Gasteiger partial charge in [0.05, 0.1) is 17.6 Å². The first-order chi connectivity index (χ1) is 19.6. The van der Waals surface area contributed by atoms with Crippen LogP contribution in [0.1, 0.15) is 24.2 Å². The number of fused-ring (bicyclic) bond motifs is 1. The SMILES string of the molecule is O=C(Nc1ccc(OCc2ccccc2)cc1)C1CCN(Cc2nc3ccccc3n2-c2cccc(Br)c2)CC1. The minimum absolute atomic E-state index is 0.00541. The van der Waals surface area contributed by atoms with Crippen LogP contribution in [0.15, 0.2) is 108 Å². The van der Waals surface area contributed by atoms with Gasteiger partial charge in [0.25, 0.3) is 0 Å². The van der Waals surface area contributed by atoms with E-state index in [1.807, 2.05) is 72.8 Å². The van der Waals surface area contributed by atoms with E-state index in [1.54, 1.807) is 0 Å². The number of halogens is 1. The number of para-hydroxylation sites is 2. The van der Waals surface area contributed by atoms with E-state index in [2.05, 4.69) is 61.0 Å². The van der Waals surface area contributed by atoms with Crippen LogP contribution in [0, 0.1) is 5.92 Å². The number of rotatable bonds is 8. The Morgan fingerprint density at radius 2 is 1.65 bits per heavy atom. The molecule has 1 saturated heterocycles. The number of piperidine rings is 1. The first kappa shape index (κ1) is 26.3. The summed E-state index contributed by atoms with van der Waals surface area (Å²) in [6.45, 7) is 2.96. The van der Waals surface area contributed by atoms with E-state index in [1.165, 1.54) is 0 Å². The number of amides is 1. The smallest absolute Gasteiger partial charge is 0.227 e. The van der Waals surface area contributed by atoms with Crippen LogP contribution in [0.2, 0.25) is 0 Å². The molecule has 0 aliphatic carbocycles. The fourth-order valence-electron chi connectivity index (χ4n) is 5.26. The van der Waals surface area contributed by atoms with Crippen molar-refractivity contribution >= 4 is 38.6 Å². The third-order valence-electron chi connectivity index (χ3n) is 7.39. The van der Waals surface area contributed by atoms with Crippen molar-refractivity contribution in [3.63, 3.8) is 0 Å². The summed E-state index contributed by atoms with van der Waals surface area (Å²) in [5.74, 6) is 1.87. The van der Waals surface area contributed by atoms with Crippen LogP contribution in [-0.4, -0.2) is 33.4 Å². The molecule has 0 atom stereocenters. The Hall–Kier alpha value is -3.94. The second kappa shape index (κ2) is 12.1. The van der Waals surface area contributed by atoms with Crippen molar-refractivity contribution in [1.29, 1.82) is 0 Å². The Bertz CT molecular complexity index is 1590. The van der Waals surface area contributed by atoms with Gasteiger partial charge in [0.2, 0.25) is 5.91 Å². The molecule has 1 aliphatic rings. The Balaban J connectivity index is 1.05. The van der Waals surface area contributed by atoms with Crippen LogP contribution < -0.4 is 10.1 Å². The van der Waals surface area contributed by atoms with Crippen molar-refractivity contribution in [3.05, 3.63) is 119 Å². The highest BCUT2D eigenvalue weighted by atomic mass is 79.9. The summed E-state index contributed by atoms with van der Waals surface area (Å²) in [5.41, 5.74) is 5.09. The van der Waals surface area contributed by atoms with Crippen molar-refractivity contribution in [2.45, 2.75) is 26.0 Å². The minimum Gasteiger partial charge on any atom is -0.489 e. The summed E-state index contributed by atoms with van der Waals surface area (Å²) in [4.78, 5) is 20.4. The lowest BCUT2D eigenvalue weighted by atomic mass is 9.96. The number of carbonyl (C=O) groups excluding carboxylic acids is 1. The van der Waals surface area contributed by atoms with Gasteiger partial charge in [-0.15, -0.1) is 0 Å². The summed E-state index contributed by atoms with van der Waals surface area (Å²) in [6, 6.07) is 34.3. The molecule has 0 radical (unpaired) electrons. The molecule has 2 heterocycles. The van der Waals surface area contributed by atoms with E-state index >= 15 is 0 Å². The zero-order valence-electron chi connectivity index (χ0n) is 22.2. The van der Waals surface area contributed by atoms with Gasteiger partial charge < -0.3 is 10.1 Å². The van der Waals surface area contributed by atoms with Crippen LogP contribution in [0.5, 0.6) is 5.75 Å². The monoisotopic (exact) mass is 594 g/mol. The Morgan fingerprint density at radius 3 is 2.42 bits per heavy atom. The lowest BCUT2D eigenvalue weighted by Crippen LogP contribution is -2.38. The van der Waals surface area contributed by atoms with Crippen molar-refractivity contribution in [3.8, 4) is 11.4 Å². The van der Waals surface area contributed by atoms with Gasteiger partial charge in [-0.3, -0.25) is 14.3 Å². The standard InChI is InChI=1S/C33H31BrN4O2/c34-26-9-6-10-28(21-26)38-31-12-5-4-11-30(31)36-32(38)22-37-19-17-25(18-20-37)33(39)35-27-13-15-29(16-14-27)40-23-24-7-2-1-3-8-24/h1-16,21,25H,17-20,22-23H2,(H,35,39). The number of imidazole rings is 1. The maximum absolute atomic E-state index is 13.0. The van der Waals surface area contributed by atoms with Gasteiger partial charge in [0.1, 0.15) is 18.2 Å². The molecule has 1 aromatic heterocycles. The molecular weight excluding hydrogens is 564 g/mol. The number of anilines is 1. The number of hydrogen-bond acceptors (Lipinski definition) is 4. The van der Waals surface area contributed by atoms with Gasteiger partial charge >= 0.3 is 0 Å². The van der Waals surface area contributed by atoms with Crippen LogP contribution in [0.4, 0.5) is 5.69 Å². The summed E-state index contributed by atoms with van der Waals surface area (Å²) in [6.07, 6.45) is 1.64. The molecule has 1 N–H and O–H groups in total. The van der Waals surface area contributed by atoms with Gasteiger partial charge in [0, 0.05) is 21.8 Å². The van der Waals surface area contributed by atoms with Gasteiger partial charge in [-0.05, 0) is 86.1 Å². The molecule has 1 aliphatic heterocycles. The molecule has 0 unspecified atom stereocenters. The Kier molecular flexibility index (Phi) is 7.93. The average Bonchev–Trinajstić information content (AvgIpc) is 3.35. The van der Waals surface area contributed by atoms with Crippen molar-refractivity contribution in [1.82, 2.24) is 14.5 Å². The predicted octanol–water partition coefficient (Wildman–Crippen LogP) is 7.22. The first-order valence-electron chi connectivity index (χ1n) is 13.6. The van der Waals surface area contributed by atoms with Crippen LogP contribution >= 0.6 is 15.9 Å². The fourth-order valence-corrected chi connectivity index (χ4v) is 5.65. The molecule has 0 spiro atoms. The summed E-state index contributed by atoms with van der Waals surface area (Å²) >= 11 is 3.61. The molecule has 1 fully saturated rings. The summed E-state index contributed by atoms with van der Waals surface area (Å²) < 4.78 is 9.14. The fraction of sp³-hybridized carbons (Fsp3) is 0.212. The van der Waals surface area contributed by atoms with Crippen LogP contribution in [0.3, 0.4) is 0 Å². The van der Waals surface area contributed by atoms with Gasteiger partial charge in [-0.1, -0.05) is 64.5 Å². The minimum atomic E-state index is -0.00541. The lowest BCUT2D eigenvalue weighted by molar-refractivity contribution is -0.121. The Labute approximate surface area is 242 Å². The van der Waals surface area contributed by atoms with Gasteiger partial charge in [-0.2, -0.15) is 0 Å². The number of ether oxygens (including phenoxy) is 1. The molecule has 6 rings (SSSR count). The first-order valence-corrected chi connectivity index (χ1v) is 14.4. The third kappa shape index (κ3) is 6.11. The topological polar surface area (TPSA) is 59.4 Å². The van der Waals surface area contributed by atoms with E-state index in [0.717, 1.165) is 76.5 Å². The highest BCUT2D eigenvalue weighted by Crippen LogP contribution is 2.27. The van der Waals surface area contributed by atoms with Gasteiger partial charge in [0.15, 0.2) is 0 Å². The van der Waals surface area contributed by atoms with E-state index in [0.29, 0.717) is 6.61 Å². The number of nitrogens with zero attached hydrogens (tertiary/aromatic N) is 3. The molecule has 202 valence electrons. The summed E-state index contributed by atoms with van der Waals surface area (Å²) in [7, 11) is 0. The highest BCUT2D eigenvalue weighted by Gasteiger charge is 2.26. The Morgan fingerprint density at radius 1 is 0.900 bits per heavy atom. The second-order valence-electron chi connectivity index (χ2n) is 10.2. The number of nitrogens with one attached hydrogen (secondary N) is 1. The quantitative estimate of drug-likeness (QED) is 0.206. The van der Waals surface area contributed by atoms with Gasteiger partial charge in [-0.25, -0.2) is 4.98 Å². The lowest BCUT2D eigenvalue weighted by Gasteiger charge is -2.31. The molecule has 5 aromatic rings. The number of benzene rings is 4. The molecule has 7 heteroatoms. The molecule has 0 bridgehead atoms. The van der Waals surface area contributed by atoms with E-state index in [-0.39, 0.29) is 11.8 Å². The van der Waals surface area contributed by atoms with E-state index in [9.17, 15) is 4.79 Å². The van der Waals surface area contributed by atoms with E-state index < -0.39 is 0 Å². The van der Waals surface area contributed by atoms with Crippen molar-refractivity contribution in [2.75, 3.05) is 18.4 Å². The number of aromatic nitrogens is 2. The maximum Gasteiger partial charge on any atom is 0.227 e. The zero-order chi connectivity index (χ0) is 27.3. The normalized spacial score (nSPS) is 14.3. The number of hydrogen-bond donors (Lipinski definition) is 1. The zero-order valence-corrected chi connectivity index (χ0v) is 23.8.